The molecule has 0 spiro atoms. The predicted molar refractivity (Wildman–Crippen MR) is 48.3 cm³/mol. The van der Waals surface area contributed by atoms with E-state index < -0.39 is 0 Å². The Morgan fingerprint density at radius 1 is 1.69 bits per heavy atom. The van der Waals surface area contributed by atoms with Gasteiger partial charge in [0.05, 0.1) is 18.4 Å². The second kappa shape index (κ2) is 3.57. The van der Waals surface area contributed by atoms with Gasteiger partial charge in [-0.25, -0.2) is 0 Å². The third kappa shape index (κ3) is 2.06. The van der Waals surface area contributed by atoms with Crippen LogP contribution in [0.4, 0.5) is 5.69 Å². The zero-order valence-corrected chi connectivity index (χ0v) is 7.29. The summed E-state index contributed by atoms with van der Waals surface area (Å²) in [7, 11) is 0. The topological polar surface area (TPSA) is 61.0 Å². The number of hydrogen-bond acceptors (Lipinski definition) is 3. The van der Waals surface area contributed by atoms with Crippen LogP contribution in [-0.4, -0.2) is 40.6 Å². The zero-order chi connectivity index (χ0) is 9.10. The number of anilines is 1. The molecular formula is C8H12N4O. The van der Waals surface area contributed by atoms with Crippen molar-refractivity contribution in [3.8, 4) is 0 Å². The summed E-state index contributed by atoms with van der Waals surface area (Å²) < 4.78 is 0. The summed E-state index contributed by atoms with van der Waals surface area (Å²) in [5, 5.41) is 9.12. The molecule has 0 atom stereocenters. The Morgan fingerprint density at radius 3 is 3.08 bits per heavy atom. The number of hydrogen-bond donors (Lipinski definition) is 2. The van der Waals surface area contributed by atoms with Crippen LogP contribution in [0.3, 0.4) is 0 Å². The second-order valence-electron chi connectivity index (χ2n) is 3.16. The van der Waals surface area contributed by atoms with Crippen molar-refractivity contribution in [1.82, 2.24) is 15.1 Å². The van der Waals surface area contributed by atoms with E-state index in [1.165, 1.54) is 6.42 Å². The fourth-order valence-corrected chi connectivity index (χ4v) is 1.26. The molecule has 1 amide bonds. The van der Waals surface area contributed by atoms with E-state index in [0.29, 0.717) is 6.54 Å². The van der Waals surface area contributed by atoms with Crippen LogP contribution in [-0.2, 0) is 4.79 Å². The number of nitrogens with one attached hydrogen (secondary N) is 2. The van der Waals surface area contributed by atoms with Gasteiger partial charge in [-0.1, -0.05) is 0 Å². The van der Waals surface area contributed by atoms with Crippen LogP contribution >= 0.6 is 0 Å². The van der Waals surface area contributed by atoms with Crippen molar-refractivity contribution in [2.24, 2.45) is 0 Å². The summed E-state index contributed by atoms with van der Waals surface area (Å²) in [6.07, 6.45) is 4.46. The maximum atomic E-state index is 11.3. The Labute approximate surface area is 76.1 Å². The van der Waals surface area contributed by atoms with E-state index in [1.54, 1.807) is 12.4 Å². The summed E-state index contributed by atoms with van der Waals surface area (Å²) in [5.41, 5.74) is 0.727. The van der Waals surface area contributed by atoms with Gasteiger partial charge in [-0.2, -0.15) is 5.10 Å². The molecule has 1 aliphatic heterocycles. The van der Waals surface area contributed by atoms with Crippen LogP contribution in [0.15, 0.2) is 12.4 Å². The number of rotatable bonds is 3. The van der Waals surface area contributed by atoms with Crippen molar-refractivity contribution >= 4 is 11.6 Å². The molecule has 2 heterocycles. The molecule has 5 heteroatoms. The molecule has 0 aliphatic carbocycles. The first kappa shape index (κ1) is 8.25. The Balaban J connectivity index is 1.78. The summed E-state index contributed by atoms with van der Waals surface area (Å²) >= 11 is 0. The number of carbonyl (C=O) groups is 1. The van der Waals surface area contributed by atoms with Gasteiger partial charge in [-0.3, -0.25) is 14.8 Å². The van der Waals surface area contributed by atoms with E-state index in [0.717, 1.165) is 18.8 Å². The molecule has 1 saturated heterocycles. The van der Waals surface area contributed by atoms with Crippen molar-refractivity contribution in [1.29, 1.82) is 0 Å². The quantitative estimate of drug-likeness (QED) is 0.691. The largest absolute Gasteiger partial charge is 0.322 e. The number of aromatic amines is 1. The Hall–Kier alpha value is -1.36. The van der Waals surface area contributed by atoms with Crippen LogP contribution in [0.2, 0.25) is 0 Å². The predicted octanol–water partition coefficient (Wildman–Crippen LogP) is 0.0539. The van der Waals surface area contributed by atoms with Crippen LogP contribution in [0.5, 0.6) is 0 Å². The number of carbonyl (C=O) groups excluding carboxylic acids is 1. The van der Waals surface area contributed by atoms with Crippen molar-refractivity contribution in [2.45, 2.75) is 6.42 Å². The molecule has 1 aliphatic rings. The minimum absolute atomic E-state index is 0.0288. The van der Waals surface area contributed by atoms with Gasteiger partial charge in [0.1, 0.15) is 0 Å². The number of amides is 1. The van der Waals surface area contributed by atoms with Gasteiger partial charge in [0, 0.05) is 6.20 Å². The minimum atomic E-state index is 0.0288. The summed E-state index contributed by atoms with van der Waals surface area (Å²) in [5.74, 6) is 0.0288. The smallest absolute Gasteiger partial charge is 0.238 e. The Morgan fingerprint density at radius 2 is 2.54 bits per heavy atom. The van der Waals surface area contributed by atoms with E-state index in [1.807, 2.05) is 0 Å². The molecule has 0 radical (unpaired) electrons. The zero-order valence-electron chi connectivity index (χ0n) is 7.29. The SMILES string of the molecule is O=C(CN1CCC1)Nc1cn[nH]c1. The normalized spacial score (nSPS) is 16.6. The molecule has 2 rings (SSSR count). The van der Waals surface area contributed by atoms with E-state index in [2.05, 4.69) is 20.4 Å². The lowest BCUT2D eigenvalue weighted by atomic mass is 10.2. The molecule has 70 valence electrons. The number of nitrogens with zero attached hydrogens (tertiary/aromatic N) is 2. The van der Waals surface area contributed by atoms with Gasteiger partial charge in [0.25, 0.3) is 0 Å². The molecule has 1 aromatic rings. The van der Waals surface area contributed by atoms with E-state index in [4.69, 9.17) is 0 Å². The van der Waals surface area contributed by atoms with E-state index in [9.17, 15) is 4.79 Å². The Bertz CT molecular complexity index is 278. The van der Waals surface area contributed by atoms with Crippen LogP contribution < -0.4 is 5.32 Å². The average Bonchev–Trinajstić information content (AvgIpc) is 2.49. The molecule has 5 nitrogen and oxygen atoms in total. The average molecular weight is 180 g/mol. The fourth-order valence-electron chi connectivity index (χ4n) is 1.26. The van der Waals surface area contributed by atoms with Crippen molar-refractivity contribution in [3.63, 3.8) is 0 Å². The van der Waals surface area contributed by atoms with Crippen LogP contribution in [0.1, 0.15) is 6.42 Å². The first-order valence-electron chi connectivity index (χ1n) is 4.35. The van der Waals surface area contributed by atoms with E-state index in [-0.39, 0.29) is 5.91 Å². The molecule has 2 N–H and O–H groups in total. The summed E-state index contributed by atoms with van der Waals surface area (Å²) in [6, 6.07) is 0. The van der Waals surface area contributed by atoms with Crippen LogP contribution in [0, 0.1) is 0 Å². The minimum Gasteiger partial charge on any atom is -0.322 e. The van der Waals surface area contributed by atoms with Gasteiger partial charge in [0.2, 0.25) is 5.91 Å². The molecule has 13 heavy (non-hydrogen) atoms. The summed E-state index contributed by atoms with van der Waals surface area (Å²) in [4.78, 5) is 13.4. The number of likely N-dealkylation sites (tertiary alicyclic amines) is 1. The molecule has 0 aromatic carbocycles. The molecular weight excluding hydrogens is 168 g/mol. The van der Waals surface area contributed by atoms with Gasteiger partial charge in [0.15, 0.2) is 0 Å². The standard InChI is InChI=1S/C8H12N4O/c13-8(6-12-2-1-3-12)11-7-4-9-10-5-7/h4-5H,1-3,6H2,(H,9,10)(H,11,13). The second-order valence-corrected chi connectivity index (χ2v) is 3.16. The first-order valence-corrected chi connectivity index (χ1v) is 4.35. The third-order valence-corrected chi connectivity index (χ3v) is 2.10. The molecule has 0 saturated carbocycles. The highest BCUT2D eigenvalue weighted by Crippen LogP contribution is 2.06. The lowest BCUT2D eigenvalue weighted by Gasteiger charge is -2.29. The van der Waals surface area contributed by atoms with Gasteiger partial charge in [-0.05, 0) is 19.5 Å². The maximum absolute atomic E-state index is 11.3. The van der Waals surface area contributed by atoms with Crippen molar-refractivity contribution in [2.75, 3.05) is 25.0 Å². The molecule has 0 unspecified atom stereocenters. The van der Waals surface area contributed by atoms with Gasteiger partial charge < -0.3 is 5.32 Å². The highest BCUT2D eigenvalue weighted by molar-refractivity contribution is 5.91. The van der Waals surface area contributed by atoms with Crippen molar-refractivity contribution < 1.29 is 4.79 Å². The maximum Gasteiger partial charge on any atom is 0.238 e. The highest BCUT2D eigenvalue weighted by atomic mass is 16.2. The van der Waals surface area contributed by atoms with Crippen LogP contribution in [0.25, 0.3) is 0 Å². The number of H-pyrrole nitrogens is 1. The monoisotopic (exact) mass is 180 g/mol. The molecule has 1 aromatic heterocycles. The fraction of sp³-hybridized carbons (Fsp3) is 0.500. The van der Waals surface area contributed by atoms with Gasteiger partial charge >= 0.3 is 0 Å². The summed E-state index contributed by atoms with van der Waals surface area (Å²) in [6.45, 7) is 2.57. The lowest BCUT2D eigenvalue weighted by Crippen LogP contribution is -2.42. The highest BCUT2D eigenvalue weighted by Gasteiger charge is 2.16. The molecule has 1 fully saturated rings. The molecule has 0 bridgehead atoms. The Kier molecular flexibility index (Phi) is 2.27. The van der Waals surface area contributed by atoms with Crippen molar-refractivity contribution in [3.05, 3.63) is 12.4 Å². The van der Waals surface area contributed by atoms with Gasteiger partial charge in [-0.15, -0.1) is 0 Å². The first-order chi connectivity index (χ1) is 6.34. The number of aromatic nitrogens is 2. The third-order valence-electron chi connectivity index (χ3n) is 2.10. The van der Waals surface area contributed by atoms with E-state index >= 15 is 0 Å². The lowest BCUT2D eigenvalue weighted by molar-refractivity contribution is -0.118.